The fraction of sp³-hybridized carbons (Fsp3) is 0.318. The second kappa shape index (κ2) is 6.07. The highest BCUT2D eigenvalue weighted by atomic mass is 16.5. The maximum Gasteiger partial charge on any atom is 0.337 e. The van der Waals surface area contributed by atoms with Gasteiger partial charge in [-0.25, -0.2) is 4.79 Å². The van der Waals surface area contributed by atoms with Gasteiger partial charge in [-0.2, -0.15) is 0 Å². The number of aryl methyl sites for hydroxylation is 2. The summed E-state index contributed by atoms with van der Waals surface area (Å²) in [6.07, 6.45) is 5.74. The van der Waals surface area contributed by atoms with Crippen molar-refractivity contribution in [2.75, 3.05) is 12.4 Å². The number of carbonyl (C=O) groups excluding carboxylic acids is 1. The van der Waals surface area contributed by atoms with Crippen molar-refractivity contribution in [3.8, 4) is 0 Å². The van der Waals surface area contributed by atoms with E-state index in [4.69, 9.17) is 4.74 Å². The first-order valence-electron chi connectivity index (χ1n) is 8.81. The molecular formula is C22H23NO2. The quantitative estimate of drug-likeness (QED) is 0.626. The molecule has 0 saturated heterocycles. The van der Waals surface area contributed by atoms with Gasteiger partial charge in [0.05, 0.1) is 18.7 Å². The molecule has 128 valence electrons. The van der Waals surface area contributed by atoms with Crippen LogP contribution in [0.3, 0.4) is 0 Å². The maximum atomic E-state index is 11.7. The lowest BCUT2D eigenvalue weighted by atomic mass is 9.76. The largest absolute Gasteiger partial charge is 0.465 e. The summed E-state index contributed by atoms with van der Waals surface area (Å²) >= 11 is 0. The number of hydrogen-bond donors (Lipinski definition) is 1. The highest BCUT2D eigenvalue weighted by Crippen LogP contribution is 2.50. The predicted molar refractivity (Wildman–Crippen MR) is 100 cm³/mol. The van der Waals surface area contributed by atoms with Crippen LogP contribution in [0.15, 0.2) is 48.6 Å². The first-order valence-corrected chi connectivity index (χ1v) is 8.81. The van der Waals surface area contributed by atoms with Gasteiger partial charge in [0, 0.05) is 11.6 Å². The van der Waals surface area contributed by atoms with Gasteiger partial charge >= 0.3 is 5.97 Å². The third-order valence-electron chi connectivity index (χ3n) is 5.50. The van der Waals surface area contributed by atoms with Crippen molar-refractivity contribution in [3.63, 3.8) is 0 Å². The third kappa shape index (κ3) is 2.64. The highest BCUT2D eigenvalue weighted by Gasteiger charge is 2.38. The van der Waals surface area contributed by atoms with Gasteiger partial charge < -0.3 is 10.1 Å². The van der Waals surface area contributed by atoms with Crippen LogP contribution in [0.1, 0.15) is 51.0 Å². The van der Waals surface area contributed by atoms with E-state index in [9.17, 15) is 4.79 Å². The number of benzene rings is 2. The molecule has 3 heteroatoms. The Labute approximate surface area is 148 Å². The molecule has 1 N–H and O–H groups in total. The van der Waals surface area contributed by atoms with E-state index < -0.39 is 0 Å². The minimum absolute atomic E-state index is 0.251. The van der Waals surface area contributed by atoms with E-state index >= 15 is 0 Å². The van der Waals surface area contributed by atoms with Gasteiger partial charge in [-0.05, 0) is 55.0 Å². The molecule has 2 aromatic rings. The van der Waals surface area contributed by atoms with E-state index in [-0.39, 0.29) is 12.0 Å². The van der Waals surface area contributed by atoms with Crippen molar-refractivity contribution in [2.24, 2.45) is 5.92 Å². The molecule has 1 aliphatic heterocycles. The van der Waals surface area contributed by atoms with Crippen LogP contribution in [0.4, 0.5) is 5.69 Å². The highest BCUT2D eigenvalue weighted by molar-refractivity contribution is 5.89. The first-order chi connectivity index (χ1) is 12.1. The van der Waals surface area contributed by atoms with Crippen LogP contribution in [0, 0.1) is 19.8 Å². The molecule has 0 bridgehead atoms. The third-order valence-corrected chi connectivity index (χ3v) is 5.50. The molecule has 1 aliphatic carbocycles. The number of anilines is 1. The average Bonchev–Trinajstić information content (AvgIpc) is 3.11. The summed E-state index contributed by atoms with van der Waals surface area (Å²) in [4.78, 5) is 11.7. The Morgan fingerprint density at radius 2 is 1.92 bits per heavy atom. The zero-order chi connectivity index (χ0) is 17.6. The summed E-state index contributed by atoms with van der Waals surface area (Å²) in [7, 11) is 1.41. The Balaban J connectivity index is 1.73. The van der Waals surface area contributed by atoms with Crippen molar-refractivity contribution in [3.05, 3.63) is 76.4 Å². The second-order valence-electron chi connectivity index (χ2n) is 7.14. The van der Waals surface area contributed by atoms with E-state index in [1.165, 1.54) is 35.1 Å². The van der Waals surface area contributed by atoms with Crippen molar-refractivity contribution >= 4 is 11.7 Å². The molecule has 1 heterocycles. The molecule has 0 spiro atoms. The molecule has 25 heavy (non-hydrogen) atoms. The van der Waals surface area contributed by atoms with Crippen LogP contribution >= 0.6 is 0 Å². The Kier molecular flexibility index (Phi) is 3.87. The molecule has 0 aromatic heterocycles. The van der Waals surface area contributed by atoms with Crippen LogP contribution in [0.5, 0.6) is 0 Å². The number of methoxy groups -OCH3 is 1. The molecule has 0 radical (unpaired) electrons. The summed E-state index contributed by atoms with van der Waals surface area (Å²) in [5.74, 6) is 0.679. The van der Waals surface area contributed by atoms with Crippen molar-refractivity contribution in [1.82, 2.24) is 0 Å². The molecule has 2 aliphatic rings. The minimum atomic E-state index is -0.291. The number of ether oxygens (including phenoxy) is 1. The summed E-state index contributed by atoms with van der Waals surface area (Å²) in [6, 6.07) is 12.6. The standard InChI is InChI=1S/C22H23NO2/c1-13-11-14(2)20-19(12-13)17-5-4-6-18(17)21(23-20)15-7-9-16(10-8-15)22(24)25-3/h4-5,7-12,17-18,21,23H,6H2,1-3H3/t17-,18+,21+/m1/s1. The molecule has 3 nitrogen and oxygen atoms in total. The van der Waals surface area contributed by atoms with Crippen LogP contribution < -0.4 is 5.32 Å². The lowest BCUT2D eigenvalue weighted by molar-refractivity contribution is 0.0600. The lowest BCUT2D eigenvalue weighted by Crippen LogP contribution is -2.29. The van der Waals surface area contributed by atoms with Gasteiger partial charge in [0.15, 0.2) is 0 Å². The molecule has 3 atom stereocenters. The van der Waals surface area contributed by atoms with Gasteiger partial charge in [-0.15, -0.1) is 0 Å². The summed E-state index contributed by atoms with van der Waals surface area (Å²) in [5, 5.41) is 3.79. The monoisotopic (exact) mass is 333 g/mol. The van der Waals surface area contributed by atoms with Gasteiger partial charge in [-0.3, -0.25) is 0 Å². The van der Waals surface area contributed by atoms with Gasteiger partial charge in [0.1, 0.15) is 0 Å². The molecule has 0 unspecified atom stereocenters. The number of carbonyl (C=O) groups is 1. The lowest BCUT2D eigenvalue weighted by Gasteiger charge is -2.38. The van der Waals surface area contributed by atoms with Crippen LogP contribution in [0.25, 0.3) is 0 Å². The van der Waals surface area contributed by atoms with Crippen molar-refractivity contribution in [1.29, 1.82) is 0 Å². The first kappa shape index (κ1) is 15.9. The van der Waals surface area contributed by atoms with Gasteiger partial charge in [-0.1, -0.05) is 42.0 Å². The average molecular weight is 333 g/mol. The van der Waals surface area contributed by atoms with E-state index in [1.54, 1.807) is 0 Å². The summed E-state index contributed by atoms with van der Waals surface area (Å²) in [5.41, 5.74) is 7.11. The number of rotatable bonds is 2. The minimum Gasteiger partial charge on any atom is -0.465 e. The van der Waals surface area contributed by atoms with Crippen molar-refractivity contribution < 1.29 is 9.53 Å². The number of nitrogens with one attached hydrogen (secondary N) is 1. The SMILES string of the molecule is COC(=O)c1ccc([C@@H]2Nc3c(C)cc(C)cc3[C@@H]3C=CC[C@@H]32)cc1. The normalized spacial score (nSPS) is 23.6. The number of hydrogen-bond acceptors (Lipinski definition) is 3. The Hall–Kier alpha value is -2.55. The molecule has 0 fully saturated rings. The zero-order valence-electron chi connectivity index (χ0n) is 14.9. The van der Waals surface area contributed by atoms with E-state index in [1.807, 2.05) is 24.3 Å². The molecule has 0 amide bonds. The Morgan fingerprint density at radius 3 is 2.64 bits per heavy atom. The smallest absolute Gasteiger partial charge is 0.337 e. The van der Waals surface area contributed by atoms with Gasteiger partial charge in [0.2, 0.25) is 0 Å². The van der Waals surface area contributed by atoms with Gasteiger partial charge in [0.25, 0.3) is 0 Å². The van der Waals surface area contributed by atoms with Crippen LogP contribution in [-0.2, 0) is 4.74 Å². The van der Waals surface area contributed by atoms with E-state index in [2.05, 4.69) is 43.4 Å². The predicted octanol–water partition coefficient (Wildman–Crippen LogP) is 4.92. The van der Waals surface area contributed by atoms with E-state index in [0.29, 0.717) is 17.4 Å². The zero-order valence-corrected chi connectivity index (χ0v) is 14.9. The molecule has 0 saturated carbocycles. The number of esters is 1. The van der Waals surface area contributed by atoms with Crippen LogP contribution in [0.2, 0.25) is 0 Å². The fourth-order valence-electron chi connectivity index (χ4n) is 4.35. The van der Waals surface area contributed by atoms with Crippen LogP contribution in [-0.4, -0.2) is 13.1 Å². The maximum absolute atomic E-state index is 11.7. The number of fused-ring (bicyclic) bond motifs is 3. The molecule has 2 aromatic carbocycles. The number of allylic oxidation sites excluding steroid dienone is 2. The Morgan fingerprint density at radius 1 is 1.16 bits per heavy atom. The molecule has 4 rings (SSSR count). The summed E-state index contributed by atoms with van der Waals surface area (Å²) < 4.78 is 4.80. The Bertz CT molecular complexity index is 851. The van der Waals surface area contributed by atoms with Crippen molar-refractivity contribution in [2.45, 2.75) is 32.2 Å². The summed E-state index contributed by atoms with van der Waals surface area (Å²) in [6.45, 7) is 4.34. The second-order valence-corrected chi connectivity index (χ2v) is 7.14. The topological polar surface area (TPSA) is 38.3 Å². The fourth-order valence-corrected chi connectivity index (χ4v) is 4.35. The molecular weight excluding hydrogens is 310 g/mol. The van der Waals surface area contributed by atoms with E-state index in [0.717, 1.165) is 6.42 Å².